The Hall–Kier alpha value is -1.28. The maximum absolute atomic E-state index is 12.8. The van der Waals surface area contributed by atoms with Gasteiger partial charge in [0.15, 0.2) is 0 Å². The van der Waals surface area contributed by atoms with Crippen molar-refractivity contribution in [3.8, 4) is 0 Å². The van der Waals surface area contributed by atoms with Gasteiger partial charge in [-0.2, -0.15) is 13.2 Å². The van der Waals surface area contributed by atoms with Crippen LogP contribution in [0.25, 0.3) is 0 Å². The number of hydrogen-bond acceptors (Lipinski definition) is 3. The summed E-state index contributed by atoms with van der Waals surface area (Å²) in [5.41, 5.74) is 4.01. The van der Waals surface area contributed by atoms with Gasteiger partial charge < -0.3 is 5.73 Å². The van der Waals surface area contributed by atoms with Crippen LogP contribution < -0.4 is 10.5 Å². The van der Waals surface area contributed by atoms with E-state index >= 15 is 0 Å². The number of alkyl halides is 3. The zero-order valence-electron chi connectivity index (χ0n) is 9.58. The van der Waals surface area contributed by atoms with Crippen molar-refractivity contribution in [3.63, 3.8) is 0 Å². The smallest absolute Gasteiger partial charge is 0.326 e. The maximum atomic E-state index is 12.8. The van der Waals surface area contributed by atoms with Crippen LogP contribution in [0.2, 0.25) is 0 Å². The van der Waals surface area contributed by atoms with Gasteiger partial charge in [-0.05, 0) is 24.6 Å². The first-order valence-electron chi connectivity index (χ1n) is 5.10. The molecule has 1 aromatic carbocycles. The van der Waals surface area contributed by atoms with Crippen LogP contribution in [0, 0.1) is 0 Å². The number of halogens is 3. The van der Waals surface area contributed by atoms with Gasteiger partial charge in [0.2, 0.25) is 10.0 Å². The van der Waals surface area contributed by atoms with Crippen molar-refractivity contribution in [1.29, 1.82) is 0 Å². The number of anilines is 1. The highest BCUT2D eigenvalue weighted by Crippen LogP contribution is 2.35. The number of sulfonamides is 1. The minimum absolute atomic E-state index is 0.0517. The number of nitrogens with two attached hydrogens (primary N) is 1. The Labute approximate surface area is 103 Å². The molecule has 0 aromatic heterocycles. The third kappa shape index (κ3) is 3.61. The Balaban J connectivity index is 3.28. The molecule has 0 saturated heterocycles. The molecule has 0 atom stereocenters. The van der Waals surface area contributed by atoms with E-state index in [1.165, 1.54) is 13.0 Å². The number of benzene rings is 1. The standard InChI is InChI=1S/C10H13F3N2O2S/c1-2-18(16,17)15-9-4-3-7(6-14)5-8(9)10(11,12)13/h3-5,15H,2,6,14H2,1H3. The molecule has 1 rings (SSSR count). The van der Waals surface area contributed by atoms with Crippen LogP contribution in [0.4, 0.5) is 18.9 Å². The van der Waals surface area contributed by atoms with Crippen molar-refractivity contribution >= 4 is 15.7 Å². The van der Waals surface area contributed by atoms with E-state index in [2.05, 4.69) is 0 Å². The predicted octanol–water partition coefficient (Wildman–Crippen LogP) is 1.93. The molecule has 0 aliphatic rings. The van der Waals surface area contributed by atoms with Crippen molar-refractivity contribution in [2.75, 3.05) is 10.5 Å². The zero-order chi connectivity index (χ0) is 14.0. The molecule has 3 N–H and O–H groups in total. The molecule has 0 amide bonds. The molecule has 102 valence electrons. The molecule has 1 aromatic rings. The van der Waals surface area contributed by atoms with E-state index < -0.39 is 27.5 Å². The summed E-state index contributed by atoms with van der Waals surface area (Å²) in [6.45, 7) is 1.29. The van der Waals surface area contributed by atoms with Gasteiger partial charge in [0.05, 0.1) is 17.0 Å². The van der Waals surface area contributed by atoms with E-state index in [9.17, 15) is 21.6 Å². The molecule has 0 heterocycles. The summed E-state index contributed by atoms with van der Waals surface area (Å²) in [4.78, 5) is 0. The molecule has 18 heavy (non-hydrogen) atoms. The van der Waals surface area contributed by atoms with E-state index in [0.717, 1.165) is 12.1 Å². The van der Waals surface area contributed by atoms with E-state index in [1.807, 2.05) is 4.72 Å². The Kier molecular flexibility index (Phi) is 4.23. The summed E-state index contributed by atoms with van der Waals surface area (Å²) in [5, 5.41) is 0. The highest BCUT2D eigenvalue weighted by molar-refractivity contribution is 7.92. The van der Waals surface area contributed by atoms with Gasteiger partial charge in [-0.25, -0.2) is 8.42 Å². The minimum Gasteiger partial charge on any atom is -0.326 e. The van der Waals surface area contributed by atoms with Gasteiger partial charge in [-0.15, -0.1) is 0 Å². The van der Waals surface area contributed by atoms with Crippen molar-refractivity contribution in [3.05, 3.63) is 29.3 Å². The second-order valence-electron chi connectivity index (χ2n) is 3.59. The lowest BCUT2D eigenvalue weighted by molar-refractivity contribution is -0.136. The molecule has 0 fully saturated rings. The van der Waals surface area contributed by atoms with E-state index in [4.69, 9.17) is 5.73 Å². The van der Waals surface area contributed by atoms with Crippen molar-refractivity contribution < 1.29 is 21.6 Å². The van der Waals surface area contributed by atoms with Crippen molar-refractivity contribution in [2.24, 2.45) is 5.73 Å². The average Bonchev–Trinajstić information content (AvgIpc) is 2.27. The summed E-state index contributed by atoms with van der Waals surface area (Å²) >= 11 is 0. The SMILES string of the molecule is CCS(=O)(=O)Nc1ccc(CN)cc1C(F)(F)F. The Morgan fingerprint density at radius 2 is 1.94 bits per heavy atom. The van der Waals surface area contributed by atoms with Gasteiger partial charge in [0, 0.05) is 6.54 Å². The fourth-order valence-electron chi connectivity index (χ4n) is 1.28. The maximum Gasteiger partial charge on any atom is 0.418 e. The quantitative estimate of drug-likeness (QED) is 0.886. The molecular weight excluding hydrogens is 269 g/mol. The predicted molar refractivity (Wildman–Crippen MR) is 62.4 cm³/mol. The van der Waals surface area contributed by atoms with Crippen LogP contribution in [0.3, 0.4) is 0 Å². The summed E-state index contributed by atoms with van der Waals surface area (Å²) in [6, 6.07) is 3.26. The fraction of sp³-hybridized carbons (Fsp3) is 0.400. The molecule has 0 radical (unpaired) electrons. The van der Waals surface area contributed by atoms with Gasteiger partial charge in [-0.1, -0.05) is 6.07 Å². The monoisotopic (exact) mass is 282 g/mol. The topological polar surface area (TPSA) is 72.2 Å². The number of hydrogen-bond donors (Lipinski definition) is 2. The normalized spacial score (nSPS) is 12.5. The molecule has 8 heteroatoms. The number of nitrogens with one attached hydrogen (secondary N) is 1. The first-order chi connectivity index (χ1) is 8.19. The Morgan fingerprint density at radius 3 is 2.39 bits per heavy atom. The Morgan fingerprint density at radius 1 is 1.33 bits per heavy atom. The summed E-state index contributed by atoms with van der Waals surface area (Å²) in [7, 11) is -3.76. The lowest BCUT2D eigenvalue weighted by atomic mass is 10.1. The minimum atomic E-state index is -4.64. The summed E-state index contributed by atoms with van der Waals surface area (Å²) in [5.74, 6) is -0.303. The summed E-state index contributed by atoms with van der Waals surface area (Å²) < 4.78 is 62.8. The molecule has 0 bridgehead atoms. The van der Waals surface area contributed by atoms with Crippen molar-refractivity contribution in [1.82, 2.24) is 0 Å². The first-order valence-corrected chi connectivity index (χ1v) is 6.75. The fourth-order valence-corrected chi connectivity index (χ4v) is 1.94. The molecule has 0 spiro atoms. The van der Waals surface area contributed by atoms with Gasteiger partial charge in [0.25, 0.3) is 0 Å². The van der Waals surface area contributed by atoms with Gasteiger partial charge in [-0.3, -0.25) is 4.72 Å². The molecule has 4 nitrogen and oxygen atoms in total. The van der Waals surface area contributed by atoms with Gasteiger partial charge in [0.1, 0.15) is 0 Å². The largest absolute Gasteiger partial charge is 0.418 e. The highest BCUT2D eigenvalue weighted by Gasteiger charge is 2.34. The second-order valence-corrected chi connectivity index (χ2v) is 5.60. The van der Waals surface area contributed by atoms with Crippen LogP contribution >= 0.6 is 0 Å². The van der Waals surface area contributed by atoms with E-state index in [0.29, 0.717) is 0 Å². The van der Waals surface area contributed by atoms with Crippen LogP contribution in [0.1, 0.15) is 18.1 Å². The lowest BCUT2D eigenvalue weighted by Crippen LogP contribution is -2.19. The van der Waals surface area contributed by atoms with Crippen molar-refractivity contribution in [2.45, 2.75) is 19.6 Å². The van der Waals surface area contributed by atoms with Crippen LogP contribution in [-0.2, 0) is 22.7 Å². The molecular formula is C10H13F3N2O2S. The Bertz CT molecular complexity index is 526. The van der Waals surface area contributed by atoms with E-state index in [1.54, 1.807) is 0 Å². The highest BCUT2D eigenvalue weighted by atomic mass is 32.2. The third-order valence-corrected chi connectivity index (χ3v) is 3.56. The van der Waals surface area contributed by atoms with Gasteiger partial charge >= 0.3 is 6.18 Å². The average molecular weight is 282 g/mol. The molecule has 0 saturated carbocycles. The van der Waals surface area contributed by atoms with Crippen LogP contribution in [0.15, 0.2) is 18.2 Å². The first kappa shape index (κ1) is 14.8. The van der Waals surface area contributed by atoms with Crippen LogP contribution in [0.5, 0.6) is 0 Å². The molecule has 0 unspecified atom stereocenters. The second kappa shape index (κ2) is 5.15. The van der Waals surface area contributed by atoms with E-state index in [-0.39, 0.29) is 17.9 Å². The van der Waals surface area contributed by atoms with Crippen LogP contribution in [-0.4, -0.2) is 14.2 Å². The third-order valence-electron chi connectivity index (χ3n) is 2.27. The number of rotatable bonds is 4. The molecule has 0 aliphatic heterocycles. The lowest BCUT2D eigenvalue weighted by Gasteiger charge is -2.15. The summed E-state index contributed by atoms with van der Waals surface area (Å²) in [6.07, 6.45) is -4.64. The molecule has 0 aliphatic carbocycles. The zero-order valence-corrected chi connectivity index (χ0v) is 10.4.